The maximum atomic E-state index is 13.1. The summed E-state index contributed by atoms with van der Waals surface area (Å²) in [5.74, 6) is 0.650. The second-order valence-electron chi connectivity index (χ2n) is 8.36. The van der Waals surface area contributed by atoms with Gasteiger partial charge in [0.2, 0.25) is 0 Å². The molecule has 0 atom stereocenters. The molecule has 0 saturated carbocycles. The van der Waals surface area contributed by atoms with E-state index in [4.69, 9.17) is 4.74 Å². The number of benzene rings is 2. The van der Waals surface area contributed by atoms with Crippen LogP contribution in [0.4, 0.5) is 13.2 Å². The van der Waals surface area contributed by atoms with Crippen LogP contribution in [0, 0.1) is 0 Å². The van der Waals surface area contributed by atoms with Crippen molar-refractivity contribution in [1.82, 2.24) is 9.55 Å². The molecule has 1 aromatic heterocycles. The van der Waals surface area contributed by atoms with E-state index in [-0.39, 0.29) is 6.73 Å². The number of hydrogen-bond donors (Lipinski definition) is 0. The van der Waals surface area contributed by atoms with Gasteiger partial charge in [0.05, 0.1) is 11.3 Å². The van der Waals surface area contributed by atoms with Gasteiger partial charge >= 0.3 is 6.18 Å². The highest BCUT2D eigenvalue weighted by molar-refractivity contribution is 9.10. The summed E-state index contributed by atoms with van der Waals surface area (Å²) in [4.78, 5) is 4.65. The van der Waals surface area contributed by atoms with Crippen LogP contribution in [0.5, 0.6) is 0 Å². The zero-order chi connectivity index (χ0) is 21.9. The van der Waals surface area contributed by atoms with Gasteiger partial charge in [-0.1, -0.05) is 59.8 Å². The first-order valence-electron chi connectivity index (χ1n) is 9.61. The van der Waals surface area contributed by atoms with Crippen molar-refractivity contribution in [3.05, 3.63) is 64.8 Å². The molecule has 0 bridgehead atoms. The Balaban J connectivity index is 1.94. The van der Waals surface area contributed by atoms with Crippen LogP contribution < -0.4 is 0 Å². The van der Waals surface area contributed by atoms with Gasteiger partial charge in [0.25, 0.3) is 0 Å². The quantitative estimate of drug-likeness (QED) is 0.253. The molecule has 3 rings (SSSR count). The minimum absolute atomic E-state index is 0.290. The van der Waals surface area contributed by atoms with E-state index in [1.807, 2.05) is 28.8 Å². The molecule has 1 heterocycles. The van der Waals surface area contributed by atoms with E-state index >= 15 is 0 Å². The monoisotopic (exact) mass is 496 g/mol. The van der Waals surface area contributed by atoms with Gasteiger partial charge in [-0.25, -0.2) is 4.98 Å². The first kappa shape index (κ1) is 22.8. The summed E-state index contributed by atoms with van der Waals surface area (Å²) in [5.41, 5.74) is 1.06. The van der Waals surface area contributed by atoms with Gasteiger partial charge in [-0.05, 0) is 30.3 Å². The first-order chi connectivity index (χ1) is 14.0. The average molecular weight is 497 g/mol. The van der Waals surface area contributed by atoms with Crippen LogP contribution in [0.2, 0.25) is 25.7 Å². The number of imidazole rings is 1. The number of ether oxygens (including phenoxy) is 1. The Morgan fingerprint density at radius 2 is 1.73 bits per heavy atom. The summed E-state index contributed by atoms with van der Waals surface area (Å²) in [6.07, 6.45) is -2.65. The number of aromatic nitrogens is 2. The van der Waals surface area contributed by atoms with Crippen LogP contribution in [0.25, 0.3) is 22.6 Å². The molecular weight excluding hydrogens is 473 g/mol. The van der Waals surface area contributed by atoms with Gasteiger partial charge in [-0.3, -0.25) is 0 Å². The largest absolute Gasteiger partial charge is 0.416 e. The molecule has 0 N–H and O–H groups in total. The molecule has 3 aromatic rings. The molecule has 0 aliphatic rings. The van der Waals surface area contributed by atoms with Crippen LogP contribution in [0.15, 0.2) is 59.2 Å². The lowest BCUT2D eigenvalue weighted by Crippen LogP contribution is -2.22. The Labute approximate surface area is 184 Å². The van der Waals surface area contributed by atoms with Gasteiger partial charge in [-0.2, -0.15) is 13.2 Å². The van der Waals surface area contributed by atoms with Gasteiger partial charge < -0.3 is 9.30 Å². The minimum Gasteiger partial charge on any atom is -0.361 e. The zero-order valence-corrected chi connectivity index (χ0v) is 19.7. The van der Waals surface area contributed by atoms with E-state index in [9.17, 15) is 13.2 Å². The lowest BCUT2D eigenvalue weighted by atomic mass is 10.1. The van der Waals surface area contributed by atoms with E-state index < -0.39 is 19.8 Å². The number of halogens is 4. The maximum Gasteiger partial charge on any atom is 0.416 e. The second-order valence-corrected chi connectivity index (χ2v) is 14.9. The van der Waals surface area contributed by atoms with Crippen molar-refractivity contribution in [2.75, 3.05) is 6.61 Å². The van der Waals surface area contributed by atoms with Crippen LogP contribution >= 0.6 is 15.9 Å². The predicted octanol–water partition coefficient (Wildman–Crippen LogP) is 7.31. The summed E-state index contributed by atoms with van der Waals surface area (Å²) in [6, 6.07) is 13.9. The predicted molar refractivity (Wildman–Crippen MR) is 120 cm³/mol. The summed E-state index contributed by atoms with van der Waals surface area (Å²) in [7, 11) is -1.21. The van der Waals surface area contributed by atoms with Crippen molar-refractivity contribution in [3.8, 4) is 22.6 Å². The molecule has 0 saturated heterocycles. The van der Waals surface area contributed by atoms with Crippen molar-refractivity contribution in [3.63, 3.8) is 0 Å². The van der Waals surface area contributed by atoms with E-state index in [0.29, 0.717) is 23.7 Å². The van der Waals surface area contributed by atoms with E-state index in [2.05, 4.69) is 40.6 Å². The summed E-state index contributed by atoms with van der Waals surface area (Å²) < 4.78 is 48.0. The smallest absolute Gasteiger partial charge is 0.361 e. The molecule has 8 heteroatoms. The van der Waals surface area contributed by atoms with E-state index in [1.54, 1.807) is 12.3 Å². The maximum absolute atomic E-state index is 13.1. The van der Waals surface area contributed by atoms with Crippen molar-refractivity contribution in [2.45, 2.75) is 38.6 Å². The van der Waals surface area contributed by atoms with Gasteiger partial charge in [0.1, 0.15) is 12.6 Å². The fourth-order valence-electron chi connectivity index (χ4n) is 2.91. The van der Waals surface area contributed by atoms with Crippen LogP contribution in [0.3, 0.4) is 0 Å². The number of hydrogen-bond acceptors (Lipinski definition) is 2. The Morgan fingerprint density at radius 3 is 2.40 bits per heavy atom. The Hall–Kier alpha value is -1.90. The van der Waals surface area contributed by atoms with E-state index in [0.717, 1.165) is 28.2 Å². The fraction of sp³-hybridized carbons (Fsp3) is 0.318. The average Bonchev–Trinajstić information content (AvgIpc) is 3.08. The first-order valence-corrected chi connectivity index (χ1v) is 14.1. The number of nitrogens with zero attached hydrogens (tertiary/aromatic N) is 2. The lowest BCUT2D eigenvalue weighted by Gasteiger charge is -2.16. The molecule has 0 amide bonds. The number of rotatable bonds is 7. The van der Waals surface area contributed by atoms with Crippen LogP contribution in [-0.4, -0.2) is 24.2 Å². The summed E-state index contributed by atoms with van der Waals surface area (Å²) in [6.45, 7) is 7.79. The highest BCUT2D eigenvalue weighted by Gasteiger charge is 2.30. The zero-order valence-electron chi connectivity index (χ0n) is 17.1. The molecule has 0 spiro atoms. The van der Waals surface area contributed by atoms with Crippen LogP contribution in [0.1, 0.15) is 5.56 Å². The molecule has 0 aliphatic heterocycles. The third-order valence-corrected chi connectivity index (χ3v) is 6.77. The molecule has 160 valence electrons. The fourth-order valence-corrected chi connectivity index (χ4v) is 4.06. The van der Waals surface area contributed by atoms with Crippen molar-refractivity contribution in [2.24, 2.45) is 0 Å². The second kappa shape index (κ2) is 9.07. The van der Waals surface area contributed by atoms with Crippen molar-refractivity contribution < 1.29 is 17.9 Å². The van der Waals surface area contributed by atoms with Gasteiger partial charge in [0, 0.05) is 36.5 Å². The van der Waals surface area contributed by atoms with Gasteiger partial charge in [0.15, 0.2) is 0 Å². The Kier molecular flexibility index (Phi) is 6.89. The third kappa shape index (κ3) is 6.06. The Morgan fingerprint density at radius 1 is 1.03 bits per heavy atom. The van der Waals surface area contributed by atoms with Crippen molar-refractivity contribution in [1.29, 1.82) is 0 Å². The molecular formula is C22H24BrF3N2OSi. The van der Waals surface area contributed by atoms with Crippen LogP contribution in [-0.2, 0) is 17.6 Å². The third-order valence-electron chi connectivity index (χ3n) is 4.57. The molecule has 2 aromatic carbocycles. The molecule has 0 radical (unpaired) electrons. The number of alkyl halides is 3. The standard InChI is InChI=1S/C22H24BrF3N2OSi/c1-30(2,3)11-10-29-15-28-14-20(16-6-4-8-18(12-16)22(24,25)26)27-21(28)17-7-5-9-19(23)13-17/h4-9,12-14H,10-11,15H2,1-3H3. The molecule has 0 unspecified atom stereocenters. The SMILES string of the molecule is C[Si](C)(C)CCOCn1cc(-c2cccc(C(F)(F)F)c2)nc1-c1cccc(Br)c1. The van der Waals surface area contributed by atoms with Crippen molar-refractivity contribution >= 4 is 24.0 Å². The topological polar surface area (TPSA) is 27.1 Å². The highest BCUT2D eigenvalue weighted by Crippen LogP contribution is 2.33. The highest BCUT2D eigenvalue weighted by atomic mass is 79.9. The lowest BCUT2D eigenvalue weighted by molar-refractivity contribution is -0.137. The Bertz CT molecular complexity index is 1010. The summed E-state index contributed by atoms with van der Waals surface area (Å²) >= 11 is 3.46. The molecule has 0 fully saturated rings. The minimum atomic E-state index is -4.40. The molecule has 0 aliphatic carbocycles. The molecule has 3 nitrogen and oxygen atoms in total. The summed E-state index contributed by atoms with van der Waals surface area (Å²) in [5, 5.41) is 0. The molecule has 30 heavy (non-hydrogen) atoms. The van der Waals surface area contributed by atoms with E-state index in [1.165, 1.54) is 6.07 Å². The van der Waals surface area contributed by atoms with Gasteiger partial charge in [-0.15, -0.1) is 0 Å². The normalized spacial score (nSPS) is 12.4.